The van der Waals surface area contributed by atoms with Crippen LogP contribution in [0, 0.1) is 0 Å². The van der Waals surface area contributed by atoms with Crippen LogP contribution in [0.5, 0.6) is 0 Å². The minimum atomic E-state index is -4.14. The molecule has 1 unspecified atom stereocenters. The molecular weight excluding hydrogens is 345 g/mol. The Morgan fingerprint density at radius 2 is 1.86 bits per heavy atom. The van der Waals surface area contributed by atoms with Crippen LogP contribution in [0.15, 0.2) is 28.7 Å². The molecule has 1 atom stereocenters. The van der Waals surface area contributed by atoms with Gasteiger partial charge in [0.05, 0.1) is 6.54 Å². The average Bonchev–Trinajstić information content (AvgIpc) is 2.38. The number of alkyl halides is 3. The SMILES string of the molecule is CCCNC(CCN(C)CC(F)(F)F)c1ccc(Br)cc1. The van der Waals surface area contributed by atoms with Crippen LogP contribution in [0.2, 0.25) is 0 Å². The average molecular weight is 367 g/mol. The second kappa shape index (κ2) is 8.76. The van der Waals surface area contributed by atoms with Crippen molar-refractivity contribution in [3.05, 3.63) is 34.3 Å². The number of benzene rings is 1. The van der Waals surface area contributed by atoms with Crippen LogP contribution >= 0.6 is 15.9 Å². The molecule has 0 bridgehead atoms. The zero-order valence-corrected chi connectivity index (χ0v) is 14.0. The first-order valence-electron chi connectivity index (χ1n) is 7.06. The first-order chi connectivity index (χ1) is 9.81. The highest BCUT2D eigenvalue weighted by Gasteiger charge is 2.29. The Labute approximate surface area is 132 Å². The predicted molar refractivity (Wildman–Crippen MR) is 83.3 cm³/mol. The molecule has 0 fully saturated rings. The lowest BCUT2D eigenvalue weighted by Gasteiger charge is -2.24. The van der Waals surface area contributed by atoms with E-state index in [9.17, 15) is 13.2 Å². The van der Waals surface area contributed by atoms with E-state index in [1.165, 1.54) is 11.9 Å². The number of hydrogen-bond donors (Lipinski definition) is 1. The summed E-state index contributed by atoms with van der Waals surface area (Å²) in [5, 5.41) is 3.40. The summed E-state index contributed by atoms with van der Waals surface area (Å²) in [6.45, 7) is 2.45. The number of rotatable bonds is 8. The first kappa shape index (κ1) is 18.5. The molecule has 0 aliphatic heterocycles. The quantitative estimate of drug-likeness (QED) is 0.734. The summed E-state index contributed by atoms with van der Waals surface area (Å²) in [5.74, 6) is 0. The van der Waals surface area contributed by atoms with E-state index in [1.54, 1.807) is 0 Å². The predicted octanol–water partition coefficient (Wildman–Crippen LogP) is 4.37. The monoisotopic (exact) mass is 366 g/mol. The zero-order valence-electron chi connectivity index (χ0n) is 12.4. The highest BCUT2D eigenvalue weighted by atomic mass is 79.9. The van der Waals surface area contributed by atoms with Crippen LogP contribution in [0.25, 0.3) is 0 Å². The van der Waals surface area contributed by atoms with Gasteiger partial charge in [-0.2, -0.15) is 13.2 Å². The Morgan fingerprint density at radius 3 is 2.38 bits per heavy atom. The third kappa shape index (κ3) is 7.83. The molecule has 0 heterocycles. The van der Waals surface area contributed by atoms with Gasteiger partial charge in [0.25, 0.3) is 0 Å². The van der Waals surface area contributed by atoms with Crippen molar-refractivity contribution < 1.29 is 13.2 Å². The highest BCUT2D eigenvalue weighted by Crippen LogP contribution is 2.21. The van der Waals surface area contributed by atoms with Gasteiger partial charge in [-0.25, -0.2) is 0 Å². The molecule has 1 aromatic rings. The first-order valence-corrected chi connectivity index (χ1v) is 7.85. The van der Waals surface area contributed by atoms with Gasteiger partial charge < -0.3 is 5.32 Å². The molecule has 1 aromatic carbocycles. The van der Waals surface area contributed by atoms with Crippen molar-refractivity contribution in [2.45, 2.75) is 32.0 Å². The van der Waals surface area contributed by atoms with E-state index in [-0.39, 0.29) is 6.04 Å². The lowest BCUT2D eigenvalue weighted by atomic mass is 10.0. The minimum absolute atomic E-state index is 0.0775. The van der Waals surface area contributed by atoms with Crippen LogP contribution in [0.1, 0.15) is 31.4 Å². The van der Waals surface area contributed by atoms with Crippen LogP contribution in [-0.4, -0.2) is 37.8 Å². The molecule has 0 amide bonds. The maximum atomic E-state index is 12.3. The summed E-state index contributed by atoms with van der Waals surface area (Å²) in [6.07, 6.45) is -2.50. The zero-order chi connectivity index (χ0) is 15.9. The van der Waals surface area contributed by atoms with E-state index in [4.69, 9.17) is 0 Å². The van der Waals surface area contributed by atoms with Gasteiger partial charge >= 0.3 is 6.18 Å². The number of nitrogens with one attached hydrogen (secondary N) is 1. The van der Waals surface area contributed by atoms with Gasteiger partial charge in [0, 0.05) is 10.5 Å². The second-order valence-corrected chi connectivity index (χ2v) is 6.12. The smallest absolute Gasteiger partial charge is 0.310 e. The molecular formula is C15H22BrF3N2. The summed E-state index contributed by atoms with van der Waals surface area (Å²) in [4.78, 5) is 1.32. The van der Waals surface area contributed by atoms with Gasteiger partial charge in [-0.3, -0.25) is 4.90 Å². The fourth-order valence-corrected chi connectivity index (χ4v) is 2.40. The van der Waals surface area contributed by atoms with Crippen molar-refractivity contribution in [1.82, 2.24) is 10.2 Å². The summed E-state index contributed by atoms with van der Waals surface area (Å²) in [6, 6.07) is 7.99. The van der Waals surface area contributed by atoms with Gasteiger partial charge in [0.1, 0.15) is 0 Å². The molecule has 0 saturated carbocycles. The lowest BCUT2D eigenvalue weighted by Crippen LogP contribution is -2.34. The molecule has 1 rings (SSSR count). The van der Waals surface area contributed by atoms with Crippen molar-refractivity contribution in [1.29, 1.82) is 0 Å². The number of halogens is 4. The Hall–Kier alpha value is -0.590. The van der Waals surface area contributed by atoms with Crippen LogP contribution in [-0.2, 0) is 0 Å². The summed E-state index contributed by atoms with van der Waals surface area (Å²) >= 11 is 3.39. The maximum Gasteiger partial charge on any atom is 0.401 e. The fraction of sp³-hybridized carbons (Fsp3) is 0.600. The second-order valence-electron chi connectivity index (χ2n) is 5.20. The largest absolute Gasteiger partial charge is 0.401 e. The van der Waals surface area contributed by atoms with Gasteiger partial charge in [0.15, 0.2) is 0 Å². The van der Waals surface area contributed by atoms with Crippen LogP contribution < -0.4 is 5.32 Å². The highest BCUT2D eigenvalue weighted by molar-refractivity contribution is 9.10. The van der Waals surface area contributed by atoms with Crippen molar-refractivity contribution in [2.75, 3.05) is 26.7 Å². The van der Waals surface area contributed by atoms with Gasteiger partial charge in [-0.05, 0) is 50.7 Å². The fourth-order valence-electron chi connectivity index (χ4n) is 2.13. The third-order valence-electron chi connectivity index (χ3n) is 3.16. The minimum Gasteiger partial charge on any atom is -0.310 e. The Kier molecular flexibility index (Phi) is 7.70. The lowest BCUT2D eigenvalue weighted by molar-refractivity contribution is -0.143. The van der Waals surface area contributed by atoms with E-state index in [0.717, 1.165) is 23.0 Å². The Morgan fingerprint density at radius 1 is 1.24 bits per heavy atom. The summed E-state index contributed by atoms with van der Waals surface area (Å²) in [5.41, 5.74) is 1.10. The maximum absolute atomic E-state index is 12.3. The molecule has 0 radical (unpaired) electrons. The van der Waals surface area contributed by atoms with E-state index >= 15 is 0 Å². The normalized spacial score (nSPS) is 13.7. The van der Waals surface area contributed by atoms with Crippen LogP contribution in [0.3, 0.4) is 0 Å². The van der Waals surface area contributed by atoms with E-state index < -0.39 is 12.7 Å². The summed E-state index contributed by atoms with van der Waals surface area (Å²) in [7, 11) is 1.51. The van der Waals surface area contributed by atoms with E-state index in [2.05, 4.69) is 28.2 Å². The Balaban J connectivity index is 2.60. The molecule has 2 nitrogen and oxygen atoms in total. The topological polar surface area (TPSA) is 15.3 Å². The number of nitrogens with zero attached hydrogens (tertiary/aromatic N) is 1. The molecule has 6 heteroatoms. The standard InChI is InChI=1S/C15H22BrF3N2/c1-3-9-20-14(12-4-6-13(16)7-5-12)8-10-21(2)11-15(17,18)19/h4-7,14,20H,3,8-11H2,1-2H3. The molecule has 1 N–H and O–H groups in total. The van der Waals surface area contributed by atoms with Gasteiger partial charge in [-0.1, -0.05) is 35.0 Å². The molecule has 0 aromatic heterocycles. The Bertz CT molecular complexity index is 406. The molecule has 0 saturated heterocycles. The molecule has 21 heavy (non-hydrogen) atoms. The van der Waals surface area contributed by atoms with Gasteiger partial charge in [-0.15, -0.1) is 0 Å². The van der Waals surface area contributed by atoms with E-state index in [1.807, 2.05) is 24.3 Å². The summed E-state index contributed by atoms with van der Waals surface area (Å²) < 4.78 is 38.0. The van der Waals surface area contributed by atoms with E-state index in [0.29, 0.717) is 13.0 Å². The number of hydrogen-bond acceptors (Lipinski definition) is 2. The third-order valence-corrected chi connectivity index (χ3v) is 3.69. The van der Waals surface area contributed by atoms with Crippen molar-refractivity contribution in [3.8, 4) is 0 Å². The van der Waals surface area contributed by atoms with Crippen molar-refractivity contribution in [3.63, 3.8) is 0 Å². The molecule has 0 spiro atoms. The van der Waals surface area contributed by atoms with Crippen LogP contribution in [0.4, 0.5) is 13.2 Å². The van der Waals surface area contributed by atoms with Crippen molar-refractivity contribution in [2.24, 2.45) is 0 Å². The van der Waals surface area contributed by atoms with Gasteiger partial charge in [0.2, 0.25) is 0 Å². The molecule has 0 aliphatic carbocycles. The molecule has 120 valence electrons. The van der Waals surface area contributed by atoms with Crippen molar-refractivity contribution >= 4 is 15.9 Å². The molecule has 0 aliphatic rings.